The van der Waals surface area contributed by atoms with Gasteiger partial charge >= 0.3 is 12.2 Å². The largest absolute Gasteiger partial charge is 0.444 e. The third-order valence-corrected chi connectivity index (χ3v) is 4.99. The van der Waals surface area contributed by atoms with Crippen molar-refractivity contribution in [2.24, 2.45) is 0 Å². The fourth-order valence-corrected chi connectivity index (χ4v) is 3.49. The lowest BCUT2D eigenvalue weighted by molar-refractivity contribution is -0.0170. The minimum atomic E-state index is -0.504. The molecule has 0 N–H and O–H groups in total. The van der Waals surface area contributed by atoms with Gasteiger partial charge in [0, 0.05) is 32.5 Å². The van der Waals surface area contributed by atoms with Gasteiger partial charge in [-0.2, -0.15) is 0 Å². The van der Waals surface area contributed by atoms with E-state index in [1.807, 2.05) is 52.0 Å². The van der Waals surface area contributed by atoms with Gasteiger partial charge in [0.05, 0.1) is 6.54 Å². The third kappa shape index (κ3) is 4.11. The van der Waals surface area contributed by atoms with Crippen molar-refractivity contribution in [3.8, 4) is 0 Å². The predicted molar refractivity (Wildman–Crippen MR) is 97.8 cm³/mol. The van der Waals surface area contributed by atoms with Gasteiger partial charge in [0.15, 0.2) is 0 Å². The molecule has 0 radical (unpaired) electrons. The molecule has 1 spiro atoms. The van der Waals surface area contributed by atoms with Gasteiger partial charge in [0.25, 0.3) is 0 Å². The Morgan fingerprint density at radius 1 is 1.23 bits per heavy atom. The summed E-state index contributed by atoms with van der Waals surface area (Å²) in [6, 6.07) is 8.07. The van der Waals surface area contributed by atoms with Crippen LogP contribution in [0.25, 0.3) is 0 Å². The SMILES string of the molecule is Cc1ccccc1CN1CC2(CCN(C(=O)OC(C)(C)C)CC2)OC1=O. The van der Waals surface area contributed by atoms with Crippen molar-refractivity contribution in [1.82, 2.24) is 9.80 Å². The van der Waals surface area contributed by atoms with Crippen LogP contribution >= 0.6 is 0 Å². The van der Waals surface area contributed by atoms with Gasteiger partial charge in [-0.05, 0) is 38.8 Å². The summed E-state index contributed by atoms with van der Waals surface area (Å²) >= 11 is 0. The Morgan fingerprint density at radius 2 is 1.88 bits per heavy atom. The first-order chi connectivity index (χ1) is 12.2. The number of piperidine rings is 1. The number of benzene rings is 1. The number of amides is 2. The van der Waals surface area contributed by atoms with Crippen molar-refractivity contribution in [3.63, 3.8) is 0 Å². The lowest BCUT2D eigenvalue weighted by Crippen LogP contribution is -2.49. The Kier molecular flexibility index (Phi) is 4.86. The zero-order valence-corrected chi connectivity index (χ0v) is 16.1. The molecule has 2 aliphatic rings. The van der Waals surface area contributed by atoms with Gasteiger partial charge in [0.2, 0.25) is 0 Å². The van der Waals surface area contributed by atoms with E-state index in [4.69, 9.17) is 9.47 Å². The van der Waals surface area contributed by atoms with E-state index in [0.717, 1.165) is 5.56 Å². The van der Waals surface area contributed by atoms with Gasteiger partial charge in [-0.25, -0.2) is 9.59 Å². The first-order valence-electron chi connectivity index (χ1n) is 9.18. The van der Waals surface area contributed by atoms with Crippen molar-refractivity contribution < 1.29 is 19.1 Å². The summed E-state index contributed by atoms with van der Waals surface area (Å²) in [7, 11) is 0. The van der Waals surface area contributed by atoms with Crippen molar-refractivity contribution in [2.45, 2.75) is 58.3 Å². The third-order valence-electron chi connectivity index (χ3n) is 4.99. The molecular formula is C20H28N2O4. The zero-order valence-electron chi connectivity index (χ0n) is 16.1. The molecule has 2 fully saturated rings. The molecule has 2 saturated heterocycles. The molecule has 0 bridgehead atoms. The van der Waals surface area contributed by atoms with Gasteiger partial charge < -0.3 is 14.4 Å². The number of nitrogens with zero attached hydrogens (tertiary/aromatic N) is 2. The van der Waals surface area contributed by atoms with E-state index in [1.165, 1.54) is 5.56 Å². The molecule has 0 saturated carbocycles. The normalized spacial score (nSPS) is 19.6. The molecule has 0 aromatic heterocycles. The fourth-order valence-electron chi connectivity index (χ4n) is 3.49. The number of carbonyl (C=O) groups excluding carboxylic acids is 2. The molecule has 0 aliphatic carbocycles. The highest BCUT2D eigenvalue weighted by Crippen LogP contribution is 2.34. The van der Waals surface area contributed by atoms with Gasteiger partial charge in [-0.15, -0.1) is 0 Å². The number of hydrogen-bond donors (Lipinski definition) is 0. The van der Waals surface area contributed by atoms with Crippen LogP contribution in [0.5, 0.6) is 0 Å². The van der Waals surface area contributed by atoms with Crippen molar-refractivity contribution >= 4 is 12.2 Å². The second kappa shape index (κ2) is 6.82. The summed E-state index contributed by atoms with van der Waals surface area (Å²) in [6.45, 7) is 9.84. The average molecular weight is 360 g/mol. The van der Waals surface area contributed by atoms with Crippen LogP contribution in [-0.4, -0.2) is 52.8 Å². The van der Waals surface area contributed by atoms with Gasteiger partial charge in [-0.3, -0.25) is 4.90 Å². The van der Waals surface area contributed by atoms with Gasteiger partial charge in [-0.1, -0.05) is 24.3 Å². The quantitative estimate of drug-likeness (QED) is 0.807. The maximum absolute atomic E-state index is 12.4. The summed E-state index contributed by atoms with van der Waals surface area (Å²) in [4.78, 5) is 28.0. The van der Waals surface area contributed by atoms with Crippen molar-refractivity contribution in [2.75, 3.05) is 19.6 Å². The van der Waals surface area contributed by atoms with Crippen LogP contribution in [0.15, 0.2) is 24.3 Å². The van der Waals surface area contributed by atoms with E-state index >= 15 is 0 Å². The lowest BCUT2D eigenvalue weighted by atomic mass is 9.91. The molecule has 1 aromatic carbocycles. The van der Waals surface area contributed by atoms with E-state index < -0.39 is 11.2 Å². The van der Waals surface area contributed by atoms with E-state index in [9.17, 15) is 9.59 Å². The van der Waals surface area contributed by atoms with Crippen LogP contribution < -0.4 is 0 Å². The van der Waals surface area contributed by atoms with Crippen LogP contribution in [-0.2, 0) is 16.0 Å². The molecule has 1 aromatic rings. The minimum absolute atomic E-state index is 0.265. The summed E-state index contributed by atoms with van der Waals surface area (Å²) in [5.41, 5.74) is 1.31. The first kappa shape index (κ1) is 18.5. The molecule has 0 atom stereocenters. The Bertz CT molecular complexity index is 687. The molecule has 2 heterocycles. The number of hydrogen-bond acceptors (Lipinski definition) is 4. The first-order valence-corrected chi connectivity index (χ1v) is 9.18. The number of rotatable bonds is 2. The summed E-state index contributed by atoms with van der Waals surface area (Å²) in [5.74, 6) is 0. The van der Waals surface area contributed by atoms with E-state index in [0.29, 0.717) is 39.0 Å². The molecule has 6 nitrogen and oxygen atoms in total. The lowest BCUT2D eigenvalue weighted by Gasteiger charge is -2.37. The van der Waals surface area contributed by atoms with Crippen LogP contribution in [0.2, 0.25) is 0 Å². The highest BCUT2D eigenvalue weighted by atomic mass is 16.6. The second-order valence-corrected chi connectivity index (χ2v) is 8.30. The number of carbonyl (C=O) groups is 2. The van der Waals surface area contributed by atoms with E-state index in [1.54, 1.807) is 9.80 Å². The van der Waals surface area contributed by atoms with Crippen molar-refractivity contribution in [1.29, 1.82) is 0 Å². The molecule has 6 heteroatoms. The van der Waals surface area contributed by atoms with Crippen molar-refractivity contribution in [3.05, 3.63) is 35.4 Å². The minimum Gasteiger partial charge on any atom is -0.444 e. The van der Waals surface area contributed by atoms with E-state index in [2.05, 4.69) is 0 Å². The van der Waals surface area contributed by atoms with Crippen LogP contribution in [0.1, 0.15) is 44.7 Å². The summed E-state index contributed by atoms with van der Waals surface area (Å²) < 4.78 is 11.2. The fraction of sp³-hybridized carbons (Fsp3) is 0.600. The summed E-state index contributed by atoms with van der Waals surface area (Å²) in [6.07, 6.45) is 0.720. The second-order valence-electron chi connectivity index (χ2n) is 8.30. The predicted octanol–water partition coefficient (Wildman–Crippen LogP) is 3.72. The Morgan fingerprint density at radius 3 is 2.50 bits per heavy atom. The summed E-state index contributed by atoms with van der Waals surface area (Å²) in [5, 5.41) is 0. The van der Waals surface area contributed by atoms with Gasteiger partial charge in [0.1, 0.15) is 11.2 Å². The van der Waals surface area contributed by atoms with E-state index in [-0.39, 0.29) is 12.2 Å². The highest BCUT2D eigenvalue weighted by molar-refractivity contribution is 5.71. The smallest absolute Gasteiger partial charge is 0.410 e. The molecule has 0 unspecified atom stereocenters. The number of aryl methyl sites for hydroxylation is 1. The standard InChI is InChI=1S/C20H28N2O4/c1-15-7-5-6-8-16(15)13-22-14-20(26-18(22)24)9-11-21(12-10-20)17(23)25-19(2,3)4/h5-8H,9-14H2,1-4H3. The average Bonchev–Trinajstić information content (AvgIpc) is 2.84. The Labute approximate surface area is 155 Å². The zero-order chi connectivity index (χ0) is 18.9. The Hall–Kier alpha value is -2.24. The topological polar surface area (TPSA) is 59.1 Å². The van der Waals surface area contributed by atoms with Crippen LogP contribution in [0.4, 0.5) is 9.59 Å². The molecule has 2 aliphatic heterocycles. The molecule has 3 rings (SSSR count). The molecule has 142 valence electrons. The van der Waals surface area contributed by atoms with Crippen LogP contribution in [0.3, 0.4) is 0 Å². The highest BCUT2D eigenvalue weighted by Gasteiger charge is 2.47. The Balaban J connectivity index is 1.59. The molecule has 26 heavy (non-hydrogen) atoms. The monoisotopic (exact) mass is 360 g/mol. The maximum Gasteiger partial charge on any atom is 0.410 e. The van der Waals surface area contributed by atoms with Crippen LogP contribution in [0, 0.1) is 6.92 Å². The number of ether oxygens (including phenoxy) is 2. The number of likely N-dealkylation sites (tertiary alicyclic amines) is 1. The molecule has 2 amide bonds. The maximum atomic E-state index is 12.4. The molecular weight excluding hydrogens is 332 g/mol.